The van der Waals surface area contributed by atoms with Crippen LogP contribution >= 0.6 is 0 Å². The van der Waals surface area contributed by atoms with Crippen molar-refractivity contribution in [1.82, 2.24) is 14.5 Å². The van der Waals surface area contributed by atoms with Gasteiger partial charge in [0, 0.05) is 25.8 Å². The van der Waals surface area contributed by atoms with Crippen LogP contribution in [0, 0.1) is 0 Å². The lowest BCUT2D eigenvalue weighted by atomic mass is 10.1. The second-order valence-electron chi connectivity index (χ2n) is 4.81. The van der Waals surface area contributed by atoms with Gasteiger partial charge >= 0.3 is 0 Å². The van der Waals surface area contributed by atoms with Gasteiger partial charge < -0.3 is 9.30 Å². The Morgan fingerprint density at radius 2 is 2.39 bits per heavy atom. The van der Waals surface area contributed by atoms with Crippen LogP contribution in [0.1, 0.15) is 32.0 Å². The van der Waals surface area contributed by atoms with Crippen molar-refractivity contribution < 1.29 is 4.74 Å². The van der Waals surface area contributed by atoms with Crippen LogP contribution in [-0.4, -0.2) is 27.2 Å². The van der Waals surface area contributed by atoms with E-state index >= 15 is 0 Å². The van der Waals surface area contributed by atoms with E-state index in [1.54, 1.807) is 0 Å². The summed E-state index contributed by atoms with van der Waals surface area (Å²) in [7, 11) is 0. The average Bonchev–Trinajstić information content (AvgIpc) is 2.77. The molecule has 4 heteroatoms. The van der Waals surface area contributed by atoms with E-state index < -0.39 is 0 Å². The largest absolute Gasteiger partial charge is 0.378 e. The highest BCUT2D eigenvalue weighted by Crippen LogP contribution is 2.20. The maximum absolute atomic E-state index is 5.80. The van der Waals surface area contributed by atoms with Gasteiger partial charge in [-0.05, 0) is 38.3 Å². The van der Waals surface area contributed by atoms with Crippen LogP contribution in [0.4, 0.5) is 0 Å². The molecule has 2 aromatic heterocycles. The topological polar surface area (TPSA) is 39.9 Å². The Kier molecular flexibility index (Phi) is 3.28. The van der Waals surface area contributed by atoms with Crippen molar-refractivity contribution >= 4 is 11.2 Å². The zero-order chi connectivity index (χ0) is 12.4. The Morgan fingerprint density at radius 1 is 1.44 bits per heavy atom. The van der Waals surface area contributed by atoms with E-state index in [9.17, 15) is 0 Å². The van der Waals surface area contributed by atoms with Gasteiger partial charge in [0.2, 0.25) is 0 Å². The molecule has 3 heterocycles. The molecule has 3 rings (SSSR count). The zero-order valence-corrected chi connectivity index (χ0v) is 10.8. The lowest BCUT2D eigenvalue weighted by Gasteiger charge is -2.22. The first-order chi connectivity index (χ1) is 8.88. The smallest absolute Gasteiger partial charge is 0.159 e. The van der Waals surface area contributed by atoms with Gasteiger partial charge in [-0.3, -0.25) is 0 Å². The van der Waals surface area contributed by atoms with Gasteiger partial charge in [-0.25, -0.2) is 9.97 Å². The molecule has 0 saturated carbocycles. The molecule has 0 spiro atoms. The van der Waals surface area contributed by atoms with Crippen molar-refractivity contribution in [1.29, 1.82) is 0 Å². The van der Waals surface area contributed by atoms with E-state index in [-0.39, 0.29) is 0 Å². The monoisotopic (exact) mass is 245 g/mol. The summed E-state index contributed by atoms with van der Waals surface area (Å²) in [6.07, 6.45) is 6.69. The van der Waals surface area contributed by atoms with Crippen molar-refractivity contribution in [2.45, 2.75) is 45.3 Å². The van der Waals surface area contributed by atoms with Gasteiger partial charge in [0.15, 0.2) is 5.65 Å². The summed E-state index contributed by atoms with van der Waals surface area (Å²) in [4.78, 5) is 9.12. The third-order valence-electron chi connectivity index (χ3n) is 3.58. The average molecular weight is 245 g/mol. The second-order valence-corrected chi connectivity index (χ2v) is 4.81. The Balaban J connectivity index is 1.90. The fourth-order valence-electron chi connectivity index (χ4n) is 2.67. The van der Waals surface area contributed by atoms with Gasteiger partial charge in [-0.2, -0.15) is 0 Å². The molecular weight excluding hydrogens is 226 g/mol. The molecule has 2 aromatic rings. The highest BCUT2D eigenvalue weighted by Gasteiger charge is 2.18. The van der Waals surface area contributed by atoms with E-state index in [4.69, 9.17) is 9.72 Å². The number of fused-ring (bicyclic) bond motifs is 1. The molecule has 1 atom stereocenters. The summed E-state index contributed by atoms with van der Waals surface area (Å²) in [6.45, 7) is 3.95. The van der Waals surface area contributed by atoms with Crippen LogP contribution in [0.25, 0.3) is 11.2 Å². The van der Waals surface area contributed by atoms with Gasteiger partial charge in [-0.15, -0.1) is 0 Å². The Bertz CT molecular complexity index is 529. The minimum Gasteiger partial charge on any atom is -0.378 e. The number of imidazole rings is 1. The number of hydrogen-bond donors (Lipinski definition) is 0. The number of hydrogen-bond acceptors (Lipinski definition) is 3. The summed E-state index contributed by atoms with van der Waals surface area (Å²) in [5.41, 5.74) is 1.98. The van der Waals surface area contributed by atoms with Crippen molar-refractivity contribution in [2.75, 3.05) is 6.61 Å². The Labute approximate surface area is 107 Å². The quantitative estimate of drug-likeness (QED) is 0.834. The SMILES string of the molecule is CCn1c(CC2CCCCO2)nc2cccnc21. The van der Waals surface area contributed by atoms with E-state index in [1.165, 1.54) is 12.8 Å². The number of ether oxygens (including phenoxy) is 1. The summed E-state index contributed by atoms with van der Waals surface area (Å²) < 4.78 is 8.01. The number of rotatable bonds is 3. The first-order valence-electron chi connectivity index (χ1n) is 6.80. The van der Waals surface area contributed by atoms with Crippen LogP contribution < -0.4 is 0 Å². The molecule has 96 valence electrons. The maximum atomic E-state index is 5.80. The maximum Gasteiger partial charge on any atom is 0.159 e. The predicted octanol–water partition coefficient (Wildman–Crippen LogP) is 2.56. The Hall–Kier alpha value is -1.42. The summed E-state index contributed by atoms with van der Waals surface area (Å²) in [5, 5.41) is 0. The summed E-state index contributed by atoms with van der Waals surface area (Å²) in [6, 6.07) is 3.97. The molecule has 1 aliphatic rings. The number of aryl methyl sites for hydroxylation is 1. The third-order valence-corrected chi connectivity index (χ3v) is 3.58. The minimum atomic E-state index is 0.334. The molecule has 0 aromatic carbocycles. The van der Waals surface area contributed by atoms with Crippen LogP contribution in [0.5, 0.6) is 0 Å². The molecule has 0 aliphatic carbocycles. The minimum absolute atomic E-state index is 0.334. The van der Waals surface area contributed by atoms with Crippen molar-refractivity contribution in [3.63, 3.8) is 0 Å². The van der Waals surface area contributed by atoms with Gasteiger partial charge in [0.1, 0.15) is 11.3 Å². The lowest BCUT2D eigenvalue weighted by molar-refractivity contribution is 0.0152. The molecule has 1 fully saturated rings. The molecular formula is C14H19N3O. The molecule has 0 amide bonds. The van der Waals surface area contributed by atoms with Gasteiger partial charge in [0.05, 0.1) is 6.10 Å². The molecule has 18 heavy (non-hydrogen) atoms. The first-order valence-corrected chi connectivity index (χ1v) is 6.80. The van der Waals surface area contributed by atoms with Crippen LogP contribution in [0.2, 0.25) is 0 Å². The van der Waals surface area contributed by atoms with E-state index in [0.29, 0.717) is 6.10 Å². The molecule has 0 bridgehead atoms. The molecule has 0 radical (unpaired) electrons. The predicted molar refractivity (Wildman–Crippen MR) is 70.5 cm³/mol. The second kappa shape index (κ2) is 5.06. The van der Waals surface area contributed by atoms with Crippen molar-refractivity contribution in [2.24, 2.45) is 0 Å². The fraction of sp³-hybridized carbons (Fsp3) is 0.571. The number of nitrogens with zero attached hydrogens (tertiary/aromatic N) is 3. The van der Waals surface area contributed by atoms with E-state index in [2.05, 4.69) is 16.5 Å². The first kappa shape index (κ1) is 11.7. The van der Waals surface area contributed by atoms with Crippen molar-refractivity contribution in [3.8, 4) is 0 Å². The Morgan fingerprint density at radius 3 is 3.17 bits per heavy atom. The van der Waals surface area contributed by atoms with Gasteiger partial charge in [0.25, 0.3) is 0 Å². The third kappa shape index (κ3) is 2.12. The summed E-state index contributed by atoms with van der Waals surface area (Å²) >= 11 is 0. The number of pyridine rings is 1. The van der Waals surface area contributed by atoms with Crippen molar-refractivity contribution in [3.05, 3.63) is 24.2 Å². The summed E-state index contributed by atoms with van der Waals surface area (Å²) in [5.74, 6) is 1.11. The number of aromatic nitrogens is 3. The zero-order valence-electron chi connectivity index (χ0n) is 10.8. The molecule has 4 nitrogen and oxygen atoms in total. The standard InChI is InChI=1S/C14H19N3O/c1-2-17-13(10-11-6-3-4-9-18-11)16-12-7-5-8-15-14(12)17/h5,7-8,11H,2-4,6,9-10H2,1H3. The van der Waals surface area contributed by atoms with Crippen LogP contribution in [0.3, 0.4) is 0 Å². The molecule has 1 saturated heterocycles. The normalized spacial score (nSPS) is 20.4. The molecule has 1 unspecified atom stereocenters. The van der Waals surface area contributed by atoms with E-state index in [0.717, 1.165) is 43.0 Å². The van der Waals surface area contributed by atoms with Crippen LogP contribution in [0.15, 0.2) is 18.3 Å². The highest BCUT2D eigenvalue weighted by molar-refractivity contribution is 5.71. The molecule has 1 aliphatic heterocycles. The van der Waals surface area contributed by atoms with Gasteiger partial charge in [-0.1, -0.05) is 0 Å². The molecule has 0 N–H and O–H groups in total. The fourth-order valence-corrected chi connectivity index (χ4v) is 2.67. The lowest BCUT2D eigenvalue weighted by Crippen LogP contribution is -2.23. The highest BCUT2D eigenvalue weighted by atomic mass is 16.5. The van der Waals surface area contributed by atoms with Crippen LogP contribution in [-0.2, 0) is 17.7 Å². The van der Waals surface area contributed by atoms with E-state index in [1.807, 2.05) is 18.3 Å².